The first kappa shape index (κ1) is 16.1. The van der Waals surface area contributed by atoms with E-state index in [1.54, 1.807) is 29.0 Å². The molecule has 6 nitrogen and oxygen atoms in total. The fourth-order valence-electron chi connectivity index (χ4n) is 2.39. The van der Waals surface area contributed by atoms with Crippen molar-refractivity contribution in [3.05, 3.63) is 33.6 Å². The molecule has 0 aromatic carbocycles. The van der Waals surface area contributed by atoms with E-state index in [2.05, 4.69) is 21.3 Å². The van der Waals surface area contributed by atoms with Gasteiger partial charge in [0.05, 0.1) is 12.2 Å². The van der Waals surface area contributed by atoms with Crippen LogP contribution < -0.4 is 5.32 Å². The van der Waals surface area contributed by atoms with Crippen LogP contribution in [0.3, 0.4) is 0 Å². The van der Waals surface area contributed by atoms with Crippen LogP contribution in [0.25, 0.3) is 0 Å². The normalized spacial score (nSPS) is 18.5. The van der Waals surface area contributed by atoms with E-state index in [4.69, 9.17) is 10.00 Å². The van der Waals surface area contributed by atoms with Crippen LogP contribution in [0, 0.1) is 11.3 Å². The summed E-state index contributed by atoms with van der Waals surface area (Å²) >= 11 is 2.96. The number of aromatic nitrogens is 1. The van der Waals surface area contributed by atoms with Gasteiger partial charge in [0.25, 0.3) is 0 Å². The second-order valence-electron chi connectivity index (χ2n) is 5.10. The molecule has 8 heteroatoms. The third-order valence-corrected chi connectivity index (χ3v) is 5.27. The van der Waals surface area contributed by atoms with E-state index < -0.39 is 0 Å². The lowest BCUT2D eigenvalue weighted by Gasteiger charge is -2.31. The second kappa shape index (κ2) is 7.66. The van der Waals surface area contributed by atoms with Gasteiger partial charge in [-0.25, -0.2) is 4.98 Å². The predicted molar refractivity (Wildman–Crippen MR) is 89.5 cm³/mol. The number of carbonyl (C=O) groups is 1. The molecule has 1 atom stereocenters. The van der Waals surface area contributed by atoms with Crippen LogP contribution in [-0.2, 0) is 9.53 Å². The van der Waals surface area contributed by atoms with Crippen molar-refractivity contribution in [3.8, 4) is 6.07 Å². The van der Waals surface area contributed by atoms with E-state index in [1.807, 2.05) is 5.38 Å². The van der Waals surface area contributed by atoms with Gasteiger partial charge in [0.2, 0.25) is 5.91 Å². The molecule has 120 valence electrons. The number of thiophene rings is 1. The first-order valence-corrected chi connectivity index (χ1v) is 9.03. The van der Waals surface area contributed by atoms with Crippen LogP contribution in [0.5, 0.6) is 0 Å². The third kappa shape index (κ3) is 4.14. The van der Waals surface area contributed by atoms with Crippen LogP contribution >= 0.6 is 22.7 Å². The van der Waals surface area contributed by atoms with Crippen molar-refractivity contribution < 1.29 is 9.53 Å². The number of nitriles is 1. The molecule has 1 amide bonds. The summed E-state index contributed by atoms with van der Waals surface area (Å²) in [5.41, 5.74) is 0.513. The topological polar surface area (TPSA) is 78.2 Å². The summed E-state index contributed by atoms with van der Waals surface area (Å²) in [5.74, 6) is -0.0683. The Kier molecular flexibility index (Phi) is 5.35. The average molecular weight is 348 g/mol. The largest absolute Gasteiger partial charge is 0.368 e. The van der Waals surface area contributed by atoms with Crippen molar-refractivity contribution in [1.82, 2.24) is 9.88 Å². The third-order valence-electron chi connectivity index (χ3n) is 3.57. The van der Waals surface area contributed by atoms with Crippen molar-refractivity contribution in [2.24, 2.45) is 0 Å². The number of nitrogens with zero attached hydrogens (tertiary/aromatic N) is 3. The molecular weight excluding hydrogens is 332 g/mol. The van der Waals surface area contributed by atoms with Gasteiger partial charge in [-0.15, -0.1) is 22.7 Å². The maximum atomic E-state index is 12.0. The number of thiazole rings is 1. The lowest BCUT2D eigenvalue weighted by atomic mass is 10.2. The fourth-order valence-corrected chi connectivity index (χ4v) is 3.82. The Morgan fingerprint density at radius 3 is 3.22 bits per heavy atom. The standard InChI is InChI=1S/C15H16N4O2S2/c16-9-11-2-7-22-14(11)18-13(20)1-4-19-5-6-21-12(10-19)15-17-3-8-23-15/h2-3,7-8,12H,1,4-6,10H2,(H,18,20). The van der Waals surface area contributed by atoms with Gasteiger partial charge in [-0.05, 0) is 11.4 Å². The molecule has 0 aliphatic carbocycles. The van der Waals surface area contributed by atoms with Gasteiger partial charge in [-0.1, -0.05) is 0 Å². The molecular formula is C15H16N4O2S2. The molecule has 3 heterocycles. The number of hydrogen-bond acceptors (Lipinski definition) is 7. The SMILES string of the molecule is N#Cc1ccsc1NC(=O)CCN1CCOC(c2nccs2)C1. The molecule has 0 saturated carbocycles. The number of nitrogens with one attached hydrogen (secondary N) is 1. The molecule has 2 aromatic rings. The Bertz CT molecular complexity index is 693. The number of rotatable bonds is 5. The zero-order valence-corrected chi connectivity index (χ0v) is 14.0. The Morgan fingerprint density at radius 1 is 1.52 bits per heavy atom. The van der Waals surface area contributed by atoms with E-state index in [9.17, 15) is 4.79 Å². The summed E-state index contributed by atoms with van der Waals surface area (Å²) in [6, 6.07) is 3.78. The van der Waals surface area contributed by atoms with Gasteiger partial charge in [-0.3, -0.25) is 9.69 Å². The van der Waals surface area contributed by atoms with E-state index in [1.165, 1.54) is 11.3 Å². The average Bonchev–Trinajstić information content (AvgIpc) is 3.24. The molecule has 1 saturated heterocycles. The molecule has 0 radical (unpaired) electrons. The van der Waals surface area contributed by atoms with E-state index in [0.29, 0.717) is 30.1 Å². The van der Waals surface area contributed by atoms with Gasteiger partial charge < -0.3 is 10.1 Å². The van der Waals surface area contributed by atoms with Gasteiger partial charge in [0, 0.05) is 37.6 Å². The van der Waals surface area contributed by atoms with E-state index in [0.717, 1.165) is 18.1 Å². The van der Waals surface area contributed by atoms with E-state index in [-0.39, 0.29) is 12.0 Å². The number of carbonyl (C=O) groups excluding carboxylic acids is 1. The Labute approximate surface area is 142 Å². The highest BCUT2D eigenvalue weighted by Crippen LogP contribution is 2.24. The molecule has 23 heavy (non-hydrogen) atoms. The van der Waals surface area contributed by atoms with Crippen molar-refractivity contribution in [3.63, 3.8) is 0 Å². The second-order valence-corrected chi connectivity index (χ2v) is 6.95. The molecule has 2 aromatic heterocycles. The van der Waals surface area contributed by atoms with Gasteiger partial charge >= 0.3 is 0 Å². The highest BCUT2D eigenvalue weighted by molar-refractivity contribution is 7.14. The number of morpholine rings is 1. The Hall–Kier alpha value is -1.79. The summed E-state index contributed by atoms with van der Waals surface area (Å²) in [6.45, 7) is 2.89. The zero-order valence-electron chi connectivity index (χ0n) is 12.4. The Balaban J connectivity index is 1.48. The van der Waals surface area contributed by atoms with Gasteiger partial charge in [-0.2, -0.15) is 5.26 Å². The smallest absolute Gasteiger partial charge is 0.226 e. The minimum atomic E-state index is -0.0683. The maximum absolute atomic E-state index is 12.0. The minimum absolute atomic E-state index is 0.00528. The lowest BCUT2D eigenvalue weighted by Crippen LogP contribution is -2.39. The first-order chi connectivity index (χ1) is 11.3. The van der Waals surface area contributed by atoms with Crippen molar-refractivity contribution in [1.29, 1.82) is 5.26 Å². The molecule has 1 N–H and O–H groups in total. The highest BCUT2D eigenvalue weighted by Gasteiger charge is 2.24. The number of ether oxygens (including phenoxy) is 1. The summed E-state index contributed by atoms with van der Waals surface area (Å²) in [6.07, 6.45) is 2.17. The van der Waals surface area contributed by atoms with Crippen LogP contribution in [0.2, 0.25) is 0 Å². The number of amides is 1. The van der Waals surface area contributed by atoms with Crippen LogP contribution in [0.15, 0.2) is 23.0 Å². The molecule has 3 rings (SSSR count). The van der Waals surface area contributed by atoms with Gasteiger partial charge in [0.1, 0.15) is 22.2 Å². The highest BCUT2D eigenvalue weighted by atomic mass is 32.1. The Morgan fingerprint density at radius 2 is 2.43 bits per heavy atom. The zero-order chi connectivity index (χ0) is 16.1. The van der Waals surface area contributed by atoms with Crippen molar-refractivity contribution >= 4 is 33.6 Å². The van der Waals surface area contributed by atoms with Crippen molar-refractivity contribution in [2.75, 3.05) is 31.6 Å². The lowest BCUT2D eigenvalue weighted by molar-refractivity contribution is -0.117. The predicted octanol–water partition coefficient (Wildman–Crippen LogP) is 2.48. The summed E-state index contributed by atoms with van der Waals surface area (Å²) in [4.78, 5) is 18.6. The first-order valence-electron chi connectivity index (χ1n) is 7.27. The van der Waals surface area contributed by atoms with Crippen LogP contribution in [0.1, 0.15) is 23.1 Å². The fraction of sp³-hybridized carbons (Fsp3) is 0.400. The molecule has 0 spiro atoms. The molecule has 1 unspecified atom stereocenters. The number of hydrogen-bond donors (Lipinski definition) is 1. The quantitative estimate of drug-likeness (QED) is 0.898. The van der Waals surface area contributed by atoms with E-state index >= 15 is 0 Å². The minimum Gasteiger partial charge on any atom is -0.368 e. The van der Waals surface area contributed by atoms with Crippen LogP contribution in [0.4, 0.5) is 5.00 Å². The van der Waals surface area contributed by atoms with Gasteiger partial charge in [0.15, 0.2) is 0 Å². The molecule has 0 bridgehead atoms. The monoisotopic (exact) mass is 348 g/mol. The molecule has 1 aliphatic rings. The summed E-state index contributed by atoms with van der Waals surface area (Å²) < 4.78 is 5.75. The molecule has 1 fully saturated rings. The number of anilines is 1. The van der Waals surface area contributed by atoms with Crippen LogP contribution in [-0.4, -0.2) is 42.0 Å². The summed E-state index contributed by atoms with van der Waals surface area (Å²) in [7, 11) is 0. The summed E-state index contributed by atoms with van der Waals surface area (Å²) in [5, 5.41) is 17.1. The molecule has 1 aliphatic heterocycles. The van der Waals surface area contributed by atoms with Crippen molar-refractivity contribution in [2.45, 2.75) is 12.5 Å². The maximum Gasteiger partial charge on any atom is 0.226 e.